The summed E-state index contributed by atoms with van der Waals surface area (Å²) in [5.41, 5.74) is -0.0899. The van der Waals surface area contributed by atoms with Crippen LogP contribution < -0.4 is 0 Å². The Labute approximate surface area is 87.7 Å². The summed E-state index contributed by atoms with van der Waals surface area (Å²) in [4.78, 5) is 0. The number of hydrogen-bond donors (Lipinski definition) is 0. The minimum atomic E-state index is -4.43. The van der Waals surface area contributed by atoms with E-state index in [1.807, 2.05) is 0 Å². The van der Waals surface area contributed by atoms with Gasteiger partial charge in [0.05, 0.1) is 11.8 Å². The molecule has 1 unspecified atom stereocenters. The van der Waals surface area contributed by atoms with Gasteiger partial charge in [0.25, 0.3) is 0 Å². The fraction of sp³-hybridized carbons (Fsp3) is 0.333. The number of rotatable bonds is 2. The largest absolute Gasteiger partial charge is 0.390 e. The van der Waals surface area contributed by atoms with Crippen molar-refractivity contribution in [1.29, 1.82) is 0 Å². The van der Waals surface area contributed by atoms with Gasteiger partial charge in [-0.05, 0) is 17.7 Å². The number of halogens is 6. The van der Waals surface area contributed by atoms with Crippen molar-refractivity contribution in [2.45, 2.75) is 18.0 Å². The normalized spacial score (nSPS) is 14.0. The Hall–Kier alpha value is -0.840. The first kappa shape index (κ1) is 12.2. The summed E-state index contributed by atoms with van der Waals surface area (Å²) in [6.07, 6.45) is -5.71. The SMILES string of the molecule is Fc1ccc(C(Cl)CC(F)(F)F)cc1F. The van der Waals surface area contributed by atoms with Crippen molar-refractivity contribution in [3.8, 4) is 0 Å². The van der Waals surface area contributed by atoms with Gasteiger partial charge in [-0.2, -0.15) is 13.2 Å². The number of benzene rings is 1. The van der Waals surface area contributed by atoms with E-state index in [4.69, 9.17) is 11.6 Å². The fourth-order valence-corrected chi connectivity index (χ4v) is 1.34. The lowest BCUT2D eigenvalue weighted by Crippen LogP contribution is -2.10. The first-order chi connectivity index (χ1) is 6.79. The van der Waals surface area contributed by atoms with Crippen LogP contribution in [0.4, 0.5) is 22.0 Å². The molecule has 0 spiro atoms. The van der Waals surface area contributed by atoms with Gasteiger partial charge >= 0.3 is 6.18 Å². The van der Waals surface area contributed by atoms with E-state index in [0.29, 0.717) is 6.07 Å². The lowest BCUT2D eigenvalue weighted by atomic mass is 10.1. The monoisotopic (exact) mass is 244 g/mol. The second kappa shape index (κ2) is 4.35. The van der Waals surface area contributed by atoms with Gasteiger partial charge in [-0.25, -0.2) is 8.78 Å². The number of alkyl halides is 4. The smallest absolute Gasteiger partial charge is 0.204 e. The van der Waals surface area contributed by atoms with Gasteiger partial charge < -0.3 is 0 Å². The highest BCUT2D eigenvalue weighted by Gasteiger charge is 2.31. The fourth-order valence-electron chi connectivity index (χ4n) is 1.03. The highest BCUT2D eigenvalue weighted by molar-refractivity contribution is 6.20. The first-order valence-corrected chi connectivity index (χ1v) is 4.39. The quantitative estimate of drug-likeness (QED) is 0.540. The standard InChI is InChI=1S/C9H6ClF5/c10-6(4-9(13,14)15)5-1-2-7(11)8(12)3-5/h1-3,6H,4H2. The molecule has 6 heteroatoms. The third-order valence-electron chi connectivity index (χ3n) is 1.72. The van der Waals surface area contributed by atoms with Gasteiger partial charge in [-0.15, -0.1) is 11.6 Å². The lowest BCUT2D eigenvalue weighted by molar-refractivity contribution is -0.134. The molecule has 0 amide bonds. The van der Waals surface area contributed by atoms with Crippen LogP contribution in [0.2, 0.25) is 0 Å². The van der Waals surface area contributed by atoms with Crippen molar-refractivity contribution in [2.75, 3.05) is 0 Å². The van der Waals surface area contributed by atoms with Gasteiger partial charge in [0.2, 0.25) is 0 Å². The molecule has 1 aromatic carbocycles. The van der Waals surface area contributed by atoms with Gasteiger partial charge in [0.15, 0.2) is 11.6 Å². The minimum Gasteiger partial charge on any atom is -0.204 e. The molecule has 0 aliphatic carbocycles. The molecule has 84 valence electrons. The van der Waals surface area contributed by atoms with Crippen molar-refractivity contribution in [3.05, 3.63) is 35.4 Å². The number of hydrogen-bond acceptors (Lipinski definition) is 0. The predicted molar refractivity (Wildman–Crippen MR) is 45.6 cm³/mol. The summed E-state index contributed by atoms with van der Waals surface area (Å²) in [5.74, 6) is -2.32. The summed E-state index contributed by atoms with van der Waals surface area (Å²) >= 11 is 5.41. The van der Waals surface area contributed by atoms with E-state index in [1.54, 1.807) is 0 Å². The van der Waals surface area contributed by atoms with Crippen LogP contribution in [0.15, 0.2) is 18.2 Å². The molecule has 15 heavy (non-hydrogen) atoms. The third-order valence-corrected chi connectivity index (χ3v) is 2.12. The van der Waals surface area contributed by atoms with E-state index < -0.39 is 29.6 Å². The van der Waals surface area contributed by atoms with Crippen molar-refractivity contribution >= 4 is 11.6 Å². The molecular weight excluding hydrogens is 239 g/mol. The molecule has 0 aromatic heterocycles. The molecule has 0 heterocycles. The molecule has 0 saturated heterocycles. The van der Waals surface area contributed by atoms with E-state index in [9.17, 15) is 22.0 Å². The Morgan fingerprint density at radius 3 is 2.20 bits per heavy atom. The molecule has 0 aliphatic heterocycles. The molecule has 1 aromatic rings. The first-order valence-electron chi connectivity index (χ1n) is 3.95. The van der Waals surface area contributed by atoms with Gasteiger partial charge in [-0.1, -0.05) is 6.07 Å². The van der Waals surface area contributed by atoms with Crippen molar-refractivity contribution in [2.24, 2.45) is 0 Å². The second-order valence-corrected chi connectivity index (χ2v) is 3.49. The molecule has 0 saturated carbocycles. The molecule has 0 N–H and O–H groups in total. The molecule has 0 radical (unpaired) electrons. The van der Waals surface area contributed by atoms with Crippen LogP contribution in [-0.2, 0) is 0 Å². The summed E-state index contributed by atoms with van der Waals surface area (Å²) in [7, 11) is 0. The van der Waals surface area contributed by atoms with Crippen LogP contribution in [-0.4, -0.2) is 6.18 Å². The minimum absolute atomic E-state index is 0.0899. The zero-order chi connectivity index (χ0) is 11.6. The van der Waals surface area contributed by atoms with E-state index in [1.165, 1.54) is 0 Å². The molecule has 0 bridgehead atoms. The Morgan fingerprint density at radius 1 is 1.13 bits per heavy atom. The average molecular weight is 245 g/mol. The molecule has 1 rings (SSSR count). The topological polar surface area (TPSA) is 0 Å². The predicted octanol–water partition coefficient (Wildman–Crippen LogP) is 4.20. The summed E-state index contributed by atoms with van der Waals surface area (Å²) < 4.78 is 60.9. The maximum atomic E-state index is 12.7. The summed E-state index contributed by atoms with van der Waals surface area (Å²) in [6.45, 7) is 0. The van der Waals surface area contributed by atoms with Crippen LogP contribution in [0.5, 0.6) is 0 Å². The zero-order valence-electron chi connectivity index (χ0n) is 7.28. The maximum absolute atomic E-state index is 12.7. The van der Waals surface area contributed by atoms with Crippen LogP contribution in [0.3, 0.4) is 0 Å². The van der Waals surface area contributed by atoms with Gasteiger partial charge in [0.1, 0.15) is 0 Å². The van der Waals surface area contributed by atoms with E-state index >= 15 is 0 Å². The second-order valence-electron chi connectivity index (χ2n) is 2.96. The Kier molecular flexibility index (Phi) is 3.54. The molecule has 0 aliphatic rings. The van der Waals surface area contributed by atoms with Crippen LogP contribution in [0, 0.1) is 11.6 Å². The highest BCUT2D eigenvalue weighted by atomic mass is 35.5. The van der Waals surface area contributed by atoms with Crippen molar-refractivity contribution in [1.82, 2.24) is 0 Å². The molecule has 0 nitrogen and oxygen atoms in total. The van der Waals surface area contributed by atoms with Crippen LogP contribution in [0.25, 0.3) is 0 Å². The Balaban J connectivity index is 2.83. The molecule has 1 atom stereocenters. The third kappa shape index (κ3) is 3.66. The van der Waals surface area contributed by atoms with E-state index in [-0.39, 0.29) is 5.56 Å². The molecule has 0 fully saturated rings. The summed E-state index contributed by atoms with van der Waals surface area (Å²) in [5, 5.41) is -1.40. The van der Waals surface area contributed by atoms with Crippen molar-refractivity contribution < 1.29 is 22.0 Å². The summed E-state index contributed by atoms with van der Waals surface area (Å²) in [6, 6.07) is 2.44. The lowest BCUT2D eigenvalue weighted by Gasteiger charge is -2.12. The van der Waals surface area contributed by atoms with Gasteiger partial charge in [-0.3, -0.25) is 0 Å². The Bertz CT molecular complexity index is 347. The van der Waals surface area contributed by atoms with E-state index in [0.717, 1.165) is 12.1 Å². The maximum Gasteiger partial charge on any atom is 0.390 e. The van der Waals surface area contributed by atoms with Gasteiger partial charge in [0, 0.05) is 0 Å². The average Bonchev–Trinajstić information content (AvgIpc) is 2.06. The van der Waals surface area contributed by atoms with Crippen LogP contribution in [0.1, 0.15) is 17.4 Å². The van der Waals surface area contributed by atoms with E-state index in [2.05, 4.69) is 0 Å². The van der Waals surface area contributed by atoms with Crippen molar-refractivity contribution in [3.63, 3.8) is 0 Å². The zero-order valence-corrected chi connectivity index (χ0v) is 8.04. The highest BCUT2D eigenvalue weighted by Crippen LogP contribution is 2.34. The molecular formula is C9H6ClF5. The Morgan fingerprint density at radius 2 is 1.73 bits per heavy atom. The van der Waals surface area contributed by atoms with Crippen LogP contribution >= 0.6 is 11.6 Å².